The number of nitrogens with one attached hydrogen (secondary N) is 3. The second-order valence-electron chi connectivity index (χ2n) is 7.70. The van der Waals surface area contributed by atoms with Crippen molar-refractivity contribution in [3.63, 3.8) is 0 Å². The van der Waals surface area contributed by atoms with Crippen LogP contribution in [0.25, 0.3) is 0 Å². The van der Waals surface area contributed by atoms with Crippen LogP contribution in [0.3, 0.4) is 0 Å². The molecule has 0 saturated heterocycles. The number of ether oxygens (including phenoxy) is 3. The fourth-order valence-electron chi connectivity index (χ4n) is 3.55. The Hall–Kier alpha value is -3.70. The van der Waals surface area contributed by atoms with Crippen LogP contribution in [0.5, 0.6) is 11.5 Å². The van der Waals surface area contributed by atoms with Crippen molar-refractivity contribution in [3.8, 4) is 11.5 Å². The van der Waals surface area contributed by atoms with E-state index in [-0.39, 0.29) is 31.4 Å². The van der Waals surface area contributed by atoms with Crippen molar-refractivity contribution >= 4 is 17.6 Å². The smallest absolute Gasteiger partial charge is 0.319 e. The van der Waals surface area contributed by atoms with Crippen LogP contribution in [0.1, 0.15) is 12.0 Å². The average Bonchev–Trinajstić information content (AvgIpc) is 3.29. The number of benzene rings is 2. The summed E-state index contributed by atoms with van der Waals surface area (Å²) < 4.78 is 43.3. The third-order valence-electron chi connectivity index (χ3n) is 5.25. The van der Waals surface area contributed by atoms with Crippen LogP contribution in [0.15, 0.2) is 48.6 Å². The van der Waals surface area contributed by atoms with E-state index in [0.717, 1.165) is 23.8 Å². The third kappa shape index (κ3) is 5.80. The number of urea groups is 1. The van der Waals surface area contributed by atoms with Crippen LogP contribution in [0.2, 0.25) is 0 Å². The van der Waals surface area contributed by atoms with Gasteiger partial charge in [0.15, 0.2) is 11.5 Å². The first kappa shape index (κ1) is 23.5. The maximum Gasteiger partial charge on any atom is 0.319 e. The number of hydrogen-bond acceptors (Lipinski definition) is 6. The van der Waals surface area contributed by atoms with Gasteiger partial charge in [-0.1, -0.05) is 18.2 Å². The maximum atomic E-state index is 13.7. The zero-order valence-electron chi connectivity index (χ0n) is 17.9. The van der Waals surface area contributed by atoms with E-state index in [0.29, 0.717) is 11.5 Å². The zero-order chi connectivity index (χ0) is 24.1. The molecule has 0 saturated carbocycles. The lowest BCUT2D eigenvalue weighted by Crippen LogP contribution is -2.50. The van der Waals surface area contributed by atoms with Gasteiger partial charge in [0.25, 0.3) is 0 Å². The first-order valence-corrected chi connectivity index (χ1v) is 10.5. The van der Waals surface area contributed by atoms with E-state index in [1.54, 1.807) is 24.3 Å². The topological polar surface area (TPSA) is 118 Å². The molecule has 3 amide bonds. The standard InChI is InChI=1S/C23H23F2N3O6/c24-14-2-4-16(25)18(8-14)28-23(31)27-17-5-3-15(34-21(17)11-29)9-22(30)26-10-13-1-6-19-20(7-13)33-12-32-19/h1-8,15,17,21,29H,9-12H2,(H,26,30)(H2,27,28,31)/t15-,17+,21+/m0/s1. The van der Waals surface area contributed by atoms with Crippen LogP contribution in [-0.4, -0.2) is 48.7 Å². The predicted molar refractivity (Wildman–Crippen MR) is 116 cm³/mol. The molecule has 2 aromatic rings. The van der Waals surface area contributed by atoms with E-state index in [1.165, 1.54) is 0 Å². The van der Waals surface area contributed by atoms with Crippen LogP contribution in [0, 0.1) is 11.6 Å². The van der Waals surface area contributed by atoms with Crippen molar-refractivity contribution in [1.82, 2.24) is 10.6 Å². The molecule has 4 N–H and O–H groups in total. The Morgan fingerprint density at radius 1 is 1.06 bits per heavy atom. The van der Waals surface area contributed by atoms with Gasteiger partial charge in [-0.05, 0) is 29.8 Å². The molecule has 0 fully saturated rings. The number of anilines is 1. The third-order valence-corrected chi connectivity index (χ3v) is 5.25. The number of aliphatic hydroxyl groups excluding tert-OH is 1. The molecule has 2 aliphatic heterocycles. The van der Waals surface area contributed by atoms with Gasteiger partial charge in [0, 0.05) is 12.6 Å². The molecule has 11 heteroatoms. The number of hydrogen-bond donors (Lipinski definition) is 4. The molecule has 0 spiro atoms. The molecule has 3 atom stereocenters. The quantitative estimate of drug-likeness (QED) is 0.456. The van der Waals surface area contributed by atoms with Gasteiger partial charge < -0.3 is 35.3 Å². The highest BCUT2D eigenvalue weighted by atomic mass is 19.1. The average molecular weight is 475 g/mol. The molecule has 34 heavy (non-hydrogen) atoms. The van der Waals surface area contributed by atoms with Crippen molar-refractivity contribution in [2.75, 3.05) is 18.7 Å². The summed E-state index contributed by atoms with van der Waals surface area (Å²) in [5.74, 6) is -0.486. The number of rotatable bonds is 7. The second-order valence-corrected chi connectivity index (χ2v) is 7.70. The molecule has 4 rings (SSSR count). The van der Waals surface area contributed by atoms with Crippen molar-refractivity contribution in [2.45, 2.75) is 31.2 Å². The van der Waals surface area contributed by atoms with Gasteiger partial charge in [0.1, 0.15) is 17.7 Å². The normalized spacial score (nSPS) is 20.6. The molecule has 180 valence electrons. The van der Waals surface area contributed by atoms with Crippen molar-refractivity contribution < 1.29 is 37.7 Å². The SMILES string of the molecule is O=C(C[C@@H]1C=C[C@@H](NC(=O)Nc2cc(F)ccc2F)[C@@H](CO)O1)NCc1ccc2c(c1)OCO2. The zero-order valence-corrected chi connectivity index (χ0v) is 17.9. The molecule has 2 aromatic carbocycles. The Bertz CT molecular complexity index is 1100. The fraction of sp³-hybridized carbons (Fsp3) is 0.304. The Kier molecular flexibility index (Phi) is 7.24. The van der Waals surface area contributed by atoms with Gasteiger partial charge >= 0.3 is 6.03 Å². The van der Waals surface area contributed by atoms with Gasteiger partial charge in [-0.2, -0.15) is 0 Å². The molecule has 0 aromatic heterocycles. The molecule has 0 unspecified atom stereocenters. The van der Waals surface area contributed by atoms with Gasteiger partial charge in [0.2, 0.25) is 12.7 Å². The highest BCUT2D eigenvalue weighted by Gasteiger charge is 2.29. The van der Waals surface area contributed by atoms with Gasteiger partial charge in [-0.15, -0.1) is 0 Å². The van der Waals surface area contributed by atoms with Crippen LogP contribution < -0.4 is 25.4 Å². The summed E-state index contributed by atoms with van der Waals surface area (Å²) in [5.41, 5.74) is 0.520. The lowest BCUT2D eigenvalue weighted by atomic mass is 10.0. The molecule has 2 aliphatic rings. The van der Waals surface area contributed by atoms with Gasteiger partial charge in [0.05, 0.1) is 30.9 Å². The first-order chi connectivity index (χ1) is 16.4. The lowest BCUT2D eigenvalue weighted by Gasteiger charge is -2.31. The fourth-order valence-corrected chi connectivity index (χ4v) is 3.55. The summed E-state index contributed by atoms with van der Waals surface area (Å²) in [6.45, 7) is 0.0248. The van der Waals surface area contributed by atoms with Gasteiger partial charge in [-0.3, -0.25) is 4.79 Å². The highest BCUT2D eigenvalue weighted by molar-refractivity contribution is 5.89. The number of carbonyl (C=O) groups is 2. The van der Waals surface area contributed by atoms with Crippen molar-refractivity contribution in [3.05, 3.63) is 65.7 Å². The minimum Gasteiger partial charge on any atom is -0.454 e. The Morgan fingerprint density at radius 3 is 2.71 bits per heavy atom. The number of amides is 3. The summed E-state index contributed by atoms with van der Waals surface area (Å²) >= 11 is 0. The minimum atomic E-state index is -0.834. The number of carbonyl (C=O) groups excluding carboxylic acids is 2. The van der Waals surface area contributed by atoms with E-state index < -0.39 is 42.5 Å². The number of aliphatic hydroxyl groups is 1. The van der Waals surface area contributed by atoms with E-state index >= 15 is 0 Å². The van der Waals surface area contributed by atoms with E-state index in [4.69, 9.17) is 14.2 Å². The van der Waals surface area contributed by atoms with Crippen molar-refractivity contribution in [2.24, 2.45) is 0 Å². The molecule has 0 bridgehead atoms. The van der Waals surface area contributed by atoms with Gasteiger partial charge in [-0.25, -0.2) is 13.6 Å². The predicted octanol–water partition coefficient (Wildman–Crippen LogP) is 2.21. The summed E-state index contributed by atoms with van der Waals surface area (Å²) in [5, 5.41) is 17.2. The number of halogens is 2. The Morgan fingerprint density at radius 2 is 1.88 bits per heavy atom. The molecule has 0 radical (unpaired) electrons. The van der Waals surface area contributed by atoms with E-state index in [9.17, 15) is 23.5 Å². The second kappa shape index (κ2) is 10.5. The number of fused-ring (bicyclic) bond motifs is 1. The molecule has 0 aliphatic carbocycles. The van der Waals surface area contributed by atoms with Crippen molar-refractivity contribution in [1.29, 1.82) is 0 Å². The van der Waals surface area contributed by atoms with Crippen LogP contribution in [0.4, 0.5) is 19.3 Å². The summed E-state index contributed by atoms with van der Waals surface area (Å²) in [4.78, 5) is 24.5. The molecule has 2 heterocycles. The Balaban J connectivity index is 1.27. The molecular formula is C23H23F2N3O6. The van der Waals surface area contributed by atoms with E-state index in [2.05, 4.69) is 16.0 Å². The minimum absolute atomic E-state index is 0.00493. The maximum absolute atomic E-state index is 13.7. The lowest BCUT2D eigenvalue weighted by molar-refractivity contribution is -0.125. The monoisotopic (exact) mass is 475 g/mol. The summed E-state index contributed by atoms with van der Waals surface area (Å²) in [6.07, 6.45) is 1.74. The largest absolute Gasteiger partial charge is 0.454 e. The first-order valence-electron chi connectivity index (χ1n) is 10.5. The highest BCUT2D eigenvalue weighted by Crippen LogP contribution is 2.32. The Labute approximate surface area is 193 Å². The van der Waals surface area contributed by atoms with Crippen LogP contribution in [-0.2, 0) is 16.1 Å². The summed E-state index contributed by atoms with van der Waals surface area (Å²) in [7, 11) is 0. The van der Waals surface area contributed by atoms with E-state index in [1.807, 2.05) is 6.07 Å². The van der Waals surface area contributed by atoms with Crippen LogP contribution >= 0.6 is 0 Å². The molecular weight excluding hydrogens is 452 g/mol. The summed E-state index contributed by atoms with van der Waals surface area (Å²) in [6, 6.07) is 6.52. The molecule has 9 nitrogen and oxygen atoms in total.